The maximum absolute atomic E-state index is 12.5. The van der Waals surface area contributed by atoms with E-state index in [9.17, 15) is 9.59 Å². The van der Waals surface area contributed by atoms with Gasteiger partial charge in [-0.05, 0) is 54.1 Å². The number of hydrogen-bond donors (Lipinski definition) is 0. The minimum absolute atomic E-state index is 0.0712. The lowest BCUT2D eigenvalue weighted by Crippen LogP contribution is -2.66. The van der Waals surface area contributed by atoms with Crippen molar-refractivity contribution in [2.24, 2.45) is 0 Å². The van der Waals surface area contributed by atoms with Gasteiger partial charge in [-0.3, -0.25) is 4.79 Å². The van der Waals surface area contributed by atoms with Crippen LogP contribution < -0.4 is 10.4 Å². The summed E-state index contributed by atoms with van der Waals surface area (Å²) in [6.45, 7) is 9.28. The number of ether oxygens (including phenoxy) is 2. The molecule has 0 N–H and O–H groups in total. The van der Waals surface area contributed by atoms with E-state index < -0.39 is 8.32 Å². The first-order chi connectivity index (χ1) is 18.7. The van der Waals surface area contributed by atoms with Gasteiger partial charge in [0.1, 0.15) is 6.10 Å². The Morgan fingerprint density at radius 1 is 0.897 bits per heavy atom. The third-order valence-electron chi connectivity index (χ3n) is 7.46. The van der Waals surface area contributed by atoms with Gasteiger partial charge < -0.3 is 13.9 Å². The molecule has 0 aliphatic carbocycles. The molecule has 0 saturated heterocycles. The van der Waals surface area contributed by atoms with Crippen LogP contribution in [0, 0.1) is 0 Å². The average molecular weight is 545 g/mol. The van der Waals surface area contributed by atoms with Crippen LogP contribution in [0.25, 0.3) is 0 Å². The summed E-state index contributed by atoms with van der Waals surface area (Å²) in [6.07, 6.45) is 2.60. The molecule has 0 aromatic heterocycles. The number of rotatable bonds is 12. The molecule has 1 aliphatic heterocycles. The van der Waals surface area contributed by atoms with Gasteiger partial charge in [-0.1, -0.05) is 99.6 Å². The molecule has 0 bridgehead atoms. The van der Waals surface area contributed by atoms with Gasteiger partial charge in [-0.2, -0.15) is 0 Å². The zero-order chi connectivity index (χ0) is 27.9. The van der Waals surface area contributed by atoms with Crippen LogP contribution in [0.5, 0.6) is 0 Å². The molecule has 0 radical (unpaired) electrons. The molecule has 2 unspecified atom stereocenters. The van der Waals surface area contributed by atoms with E-state index in [4.69, 9.17) is 13.9 Å². The van der Waals surface area contributed by atoms with Crippen LogP contribution in [0.1, 0.15) is 81.8 Å². The number of benzene rings is 3. The lowest BCUT2D eigenvalue weighted by atomic mass is 10.0. The highest BCUT2D eigenvalue weighted by molar-refractivity contribution is 6.99. The van der Waals surface area contributed by atoms with Crippen molar-refractivity contribution < 1.29 is 23.5 Å². The van der Waals surface area contributed by atoms with Crippen molar-refractivity contribution >= 4 is 30.6 Å². The van der Waals surface area contributed by atoms with Crippen LogP contribution in [0.3, 0.4) is 0 Å². The van der Waals surface area contributed by atoms with Crippen molar-refractivity contribution in [3.8, 4) is 0 Å². The average Bonchev–Trinajstić information content (AvgIpc) is 3.25. The molecule has 0 spiro atoms. The minimum atomic E-state index is -2.56. The summed E-state index contributed by atoms with van der Waals surface area (Å²) >= 11 is 0. The molecule has 0 saturated carbocycles. The van der Waals surface area contributed by atoms with Crippen molar-refractivity contribution in [3.63, 3.8) is 0 Å². The smallest absolute Gasteiger partial charge is 0.339 e. The third kappa shape index (κ3) is 6.68. The van der Waals surface area contributed by atoms with Crippen molar-refractivity contribution in [2.75, 3.05) is 6.61 Å². The zero-order valence-electron chi connectivity index (χ0n) is 23.5. The van der Waals surface area contributed by atoms with Crippen LogP contribution in [-0.2, 0) is 18.7 Å². The van der Waals surface area contributed by atoms with Gasteiger partial charge in [0.05, 0.1) is 11.7 Å². The largest absolute Gasteiger partial charge is 0.463 e. The minimum Gasteiger partial charge on any atom is -0.463 e. The Labute approximate surface area is 233 Å². The predicted molar refractivity (Wildman–Crippen MR) is 157 cm³/mol. The second-order valence-electron chi connectivity index (χ2n) is 11.3. The molecule has 1 aliphatic rings. The van der Waals surface area contributed by atoms with Gasteiger partial charge in [0, 0.05) is 18.6 Å². The van der Waals surface area contributed by atoms with E-state index in [1.54, 1.807) is 6.07 Å². The Hall–Kier alpha value is -3.22. The van der Waals surface area contributed by atoms with Gasteiger partial charge in [0.25, 0.3) is 8.32 Å². The number of fused-ring (bicyclic) bond motifs is 1. The summed E-state index contributed by atoms with van der Waals surface area (Å²) in [5.74, 6) is -0.475. The number of cyclic esters (lactones) is 1. The second-order valence-corrected chi connectivity index (χ2v) is 15.6. The first-order valence-electron chi connectivity index (χ1n) is 14.0. The number of unbranched alkanes of at least 4 members (excludes halogenated alkanes) is 1. The molecule has 0 amide bonds. The fourth-order valence-corrected chi connectivity index (χ4v) is 10.1. The zero-order valence-corrected chi connectivity index (χ0v) is 24.5. The Morgan fingerprint density at radius 3 is 2.10 bits per heavy atom. The summed E-state index contributed by atoms with van der Waals surface area (Å²) in [4.78, 5) is 24.6. The van der Waals surface area contributed by atoms with Crippen molar-refractivity contribution in [1.82, 2.24) is 0 Å². The fourth-order valence-electron chi connectivity index (χ4n) is 5.52. The second kappa shape index (κ2) is 12.8. The normalized spacial score (nSPS) is 15.9. The molecule has 0 fully saturated rings. The van der Waals surface area contributed by atoms with Gasteiger partial charge in [-0.25, -0.2) is 4.79 Å². The van der Waals surface area contributed by atoms with Gasteiger partial charge in [0.15, 0.2) is 0 Å². The summed E-state index contributed by atoms with van der Waals surface area (Å²) in [5, 5.41) is 2.44. The van der Waals surface area contributed by atoms with E-state index in [-0.39, 0.29) is 29.2 Å². The lowest BCUT2D eigenvalue weighted by Gasteiger charge is -2.43. The molecular weight excluding hydrogens is 504 g/mol. The van der Waals surface area contributed by atoms with Crippen LogP contribution in [0.15, 0.2) is 84.9 Å². The Bertz CT molecular complexity index is 1200. The van der Waals surface area contributed by atoms with Gasteiger partial charge >= 0.3 is 11.9 Å². The highest BCUT2D eigenvalue weighted by atomic mass is 28.4. The molecule has 206 valence electrons. The molecule has 39 heavy (non-hydrogen) atoms. The van der Waals surface area contributed by atoms with Gasteiger partial charge in [-0.15, -0.1) is 0 Å². The molecule has 5 nitrogen and oxygen atoms in total. The van der Waals surface area contributed by atoms with Gasteiger partial charge in [0.2, 0.25) is 0 Å². The van der Waals surface area contributed by atoms with E-state index in [1.165, 1.54) is 10.4 Å². The van der Waals surface area contributed by atoms with Crippen molar-refractivity contribution in [3.05, 3.63) is 96.1 Å². The Kier molecular flexibility index (Phi) is 9.41. The van der Waals surface area contributed by atoms with E-state index in [1.807, 2.05) is 37.3 Å². The number of hydrogen-bond acceptors (Lipinski definition) is 5. The summed E-state index contributed by atoms with van der Waals surface area (Å²) in [7, 11) is -2.56. The molecular formula is C33H40O5Si. The standard InChI is InChI=1S/C33H40O5Si/c1-25(22-23-30-28-19-11-12-20-29(28)32(35)38-30)37-31(34)21-13-14-24-36-39(33(2,3)4,26-15-7-5-8-16-26)27-17-9-6-10-18-27/h5-12,15-20,25,30H,13-14,21-24H2,1-4H3. The topological polar surface area (TPSA) is 61.8 Å². The fraction of sp³-hybridized carbons (Fsp3) is 0.394. The van der Waals surface area contributed by atoms with Crippen LogP contribution >= 0.6 is 0 Å². The van der Waals surface area contributed by atoms with E-state index in [0.717, 1.165) is 12.0 Å². The van der Waals surface area contributed by atoms with E-state index in [0.29, 0.717) is 37.9 Å². The molecule has 3 aromatic rings. The molecule has 1 heterocycles. The lowest BCUT2D eigenvalue weighted by molar-refractivity contribution is -0.148. The van der Waals surface area contributed by atoms with E-state index in [2.05, 4.69) is 69.3 Å². The number of carbonyl (C=O) groups excluding carboxylic acids is 2. The predicted octanol–water partition coefficient (Wildman–Crippen LogP) is 6.36. The van der Waals surface area contributed by atoms with Crippen molar-refractivity contribution in [1.29, 1.82) is 0 Å². The Morgan fingerprint density at radius 2 is 1.49 bits per heavy atom. The number of carbonyl (C=O) groups is 2. The summed E-state index contributed by atoms with van der Waals surface area (Å²) in [6, 6.07) is 28.7. The monoisotopic (exact) mass is 544 g/mol. The third-order valence-corrected chi connectivity index (χ3v) is 12.5. The molecule has 6 heteroatoms. The van der Waals surface area contributed by atoms with Crippen molar-refractivity contribution in [2.45, 2.75) is 77.0 Å². The maximum atomic E-state index is 12.5. The molecule has 2 atom stereocenters. The number of esters is 2. The van der Waals surface area contributed by atoms with Crippen LogP contribution in [0.4, 0.5) is 0 Å². The summed E-state index contributed by atoms with van der Waals surface area (Å²) < 4.78 is 18.1. The quantitative estimate of drug-likeness (QED) is 0.151. The highest BCUT2D eigenvalue weighted by Crippen LogP contribution is 2.37. The van der Waals surface area contributed by atoms with Crippen LogP contribution in [0.2, 0.25) is 5.04 Å². The SMILES string of the molecule is CC(CCC1OC(=O)c2ccccc21)OC(=O)CCCCO[Si](c1ccccc1)(c1ccccc1)C(C)(C)C. The Balaban J connectivity index is 1.27. The first kappa shape index (κ1) is 28.8. The maximum Gasteiger partial charge on any atom is 0.339 e. The summed E-state index contributed by atoms with van der Waals surface area (Å²) in [5.41, 5.74) is 1.55. The first-order valence-corrected chi connectivity index (χ1v) is 15.9. The molecule has 4 rings (SSSR count). The highest BCUT2D eigenvalue weighted by Gasteiger charge is 2.49. The van der Waals surface area contributed by atoms with Crippen LogP contribution in [-0.4, -0.2) is 33.0 Å². The van der Waals surface area contributed by atoms with E-state index >= 15 is 0 Å². The molecule has 3 aromatic carbocycles.